The second kappa shape index (κ2) is 9.98. The molecule has 1 fully saturated rings. The number of hydrogen-bond acceptors (Lipinski definition) is 3. The van der Waals surface area contributed by atoms with E-state index < -0.39 is 0 Å². The van der Waals surface area contributed by atoms with E-state index in [-0.39, 0.29) is 30.7 Å². The van der Waals surface area contributed by atoms with E-state index in [1.165, 1.54) is 12.8 Å². The van der Waals surface area contributed by atoms with Crippen molar-refractivity contribution < 1.29 is 4.79 Å². The van der Waals surface area contributed by atoms with Gasteiger partial charge in [0.15, 0.2) is 0 Å². The minimum atomic E-state index is -0.00577. The fraction of sp³-hybridized carbons (Fsp3) is 0.600. The molecule has 2 heterocycles. The summed E-state index contributed by atoms with van der Waals surface area (Å²) in [6.45, 7) is 6.79. The van der Waals surface area contributed by atoms with Gasteiger partial charge in [0.2, 0.25) is 0 Å². The molecule has 1 aromatic rings. The maximum absolute atomic E-state index is 12.1. The molecule has 1 unspecified atom stereocenters. The van der Waals surface area contributed by atoms with E-state index in [2.05, 4.69) is 15.6 Å². The van der Waals surface area contributed by atoms with Crippen LogP contribution in [0.2, 0.25) is 0 Å². The van der Waals surface area contributed by atoms with Crippen molar-refractivity contribution in [2.45, 2.75) is 33.1 Å². The maximum Gasteiger partial charge on any atom is 0.253 e. The van der Waals surface area contributed by atoms with Crippen LogP contribution >= 0.6 is 24.8 Å². The number of aryl methyl sites for hydroxylation is 2. The highest BCUT2D eigenvalue weighted by Gasteiger charge is 2.14. The molecule has 1 aliphatic rings. The van der Waals surface area contributed by atoms with Gasteiger partial charge in [0.1, 0.15) is 0 Å². The minimum absolute atomic E-state index is 0. The van der Waals surface area contributed by atoms with Crippen LogP contribution in [0.5, 0.6) is 0 Å². The highest BCUT2D eigenvalue weighted by molar-refractivity contribution is 5.95. The van der Waals surface area contributed by atoms with Gasteiger partial charge in [-0.2, -0.15) is 0 Å². The molecule has 0 aliphatic carbocycles. The van der Waals surface area contributed by atoms with Crippen molar-refractivity contribution in [3.05, 3.63) is 29.1 Å². The van der Waals surface area contributed by atoms with Crippen molar-refractivity contribution >= 4 is 30.7 Å². The number of carbonyl (C=O) groups is 1. The number of rotatable bonds is 4. The van der Waals surface area contributed by atoms with Crippen LogP contribution in [-0.2, 0) is 0 Å². The van der Waals surface area contributed by atoms with E-state index in [9.17, 15) is 4.79 Å². The van der Waals surface area contributed by atoms with Gasteiger partial charge in [0.05, 0.1) is 11.3 Å². The molecule has 21 heavy (non-hydrogen) atoms. The second-order valence-corrected chi connectivity index (χ2v) is 5.34. The normalized spacial score (nSPS) is 17.3. The smallest absolute Gasteiger partial charge is 0.253 e. The lowest BCUT2D eigenvalue weighted by molar-refractivity contribution is 0.0949. The number of piperidine rings is 1. The molecule has 0 aromatic carbocycles. The minimum Gasteiger partial charge on any atom is -0.352 e. The fourth-order valence-electron chi connectivity index (χ4n) is 2.58. The third kappa shape index (κ3) is 6.20. The molecule has 1 aromatic heterocycles. The van der Waals surface area contributed by atoms with Crippen molar-refractivity contribution in [2.75, 3.05) is 19.6 Å². The van der Waals surface area contributed by atoms with Gasteiger partial charge < -0.3 is 10.6 Å². The molecular formula is C15H25Cl2N3O. The lowest BCUT2D eigenvalue weighted by Crippen LogP contribution is -2.33. The standard InChI is InChI=1S/C15H23N3O.2ClH/c1-11-5-6-14(12(2)18-11)15(19)17-9-7-13-4-3-8-16-10-13;;/h5-6,13,16H,3-4,7-10H2,1-2H3,(H,17,19);2*1H. The van der Waals surface area contributed by atoms with E-state index in [1.807, 2.05) is 26.0 Å². The molecule has 0 saturated carbocycles. The zero-order valence-electron chi connectivity index (χ0n) is 12.6. The van der Waals surface area contributed by atoms with Crippen molar-refractivity contribution in [1.82, 2.24) is 15.6 Å². The first kappa shape index (κ1) is 20.2. The molecule has 1 atom stereocenters. The number of halogens is 2. The highest BCUT2D eigenvalue weighted by atomic mass is 35.5. The predicted octanol–water partition coefficient (Wildman–Crippen LogP) is 2.66. The molecular weight excluding hydrogens is 309 g/mol. The Hall–Kier alpha value is -0.840. The van der Waals surface area contributed by atoms with E-state index in [4.69, 9.17) is 0 Å². The first-order valence-electron chi connectivity index (χ1n) is 7.10. The van der Waals surface area contributed by atoms with Crippen molar-refractivity contribution in [2.24, 2.45) is 5.92 Å². The van der Waals surface area contributed by atoms with Gasteiger partial charge in [0.25, 0.3) is 5.91 Å². The molecule has 1 saturated heterocycles. The zero-order valence-corrected chi connectivity index (χ0v) is 14.3. The largest absolute Gasteiger partial charge is 0.352 e. The Kier molecular flexibility index (Phi) is 9.58. The highest BCUT2D eigenvalue weighted by Crippen LogP contribution is 2.13. The number of nitrogens with zero attached hydrogens (tertiary/aromatic N) is 1. The average Bonchev–Trinajstić information content (AvgIpc) is 2.39. The van der Waals surface area contributed by atoms with Gasteiger partial charge in [-0.25, -0.2) is 0 Å². The Morgan fingerprint density at radius 3 is 2.76 bits per heavy atom. The van der Waals surface area contributed by atoms with Crippen molar-refractivity contribution in [3.63, 3.8) is 0 Å². The van der Waals surface area contributed by atoms with Gasteiger partial charge in [-0.3, -0.25) is 9.78 Å². The van der Waals surface area contributed by atoms with Crippen LogP contribution in [0.15, 0.2) is 12.1 Å². The lowest BCUT2D eigenvalue weighted by Gasteiger charge is -2.22. The first-order valence-corrected chi connectivity index (χ1v) is 7.10. The summed E-state index contributed by atoms with van der Waals surface area (Å²) >= 11 is 0. The Morgan fingerprint density at radius 1 is 1.38 bits per heavy atom. The molecule has 2 rings (SSSR count). The van der Waals surface area contributed by atoms with Crippen molar-refractivity contribution in [3.8, 4) is 0 Å². The van der Waals surface area contributed by atoms with E-state index >= 15 is 0 Å². The Balaban J connectivity index is 0.00000200. The molecule has 1 aliphatic heterocycles. The summed E-state index contributed by atoms with van der Waals surface area (Å²) in [7, 11) is 0. The van der Waals surface area contributed by atoms with Gasteiger partial charge in [-0.15, -0.1) is 24.8 Å². The quantitative estimate of drug-likeness (QED) is 0.890. The van der Waals surface area contributed by atoms with Crippen LogP contribution in [0.1, 0.15) is 41.0 Å². The summed E-state index contributed by atoms with van der Waals surface area (Å²) in [5, 5.41) is 6.40. The predicted molar refractivity (Wildman–Crippen MR) is 90.8 cm³/mol. The summed E-state index contributed by atoms with van der Waals surface area (Å²) in [5.41, 5.74) is 2.44. The van der Waals surface area contributed by atoms with Crippen LogP contribution in [0.3, 0.4) is 0 Å². The van der Waals surface area contributed by atoms with Gasteiger partial charge in [-0.05, 0) is 64.3 Å². The number of amides is 1. The molecule has 120 valence electrons. The maximum atomic E-state index is 12.1. The Bertz CT molecular complexity index is 449. The topological polar surface area (TPSA) is 54.0 Å². The number of aromatic nitrogens is 1. The van der Waals surface area contributed by atoms with Crippen LogP contribution in [0, 0.1) is 19.8 Å². The lowest BCUT2D eigenvalue weighted by atomic mass is 9.96. The van der Waals surface area contributed by atoms with Crippen LogP contribution in [0.25, 0.3) is 0 Å². The molecule has 2 N–H and O–H groups in total. The van der Waals surface area contributed by atoms with Gasteiger partial charge in [0, 0.05) is 12.2 Å². The molecule has 0 spiro atoms. The monoisotopic (exact) mass is 333 g/mol. The van der Waals surface area contributed by atoms with E-state index in [1.54, 1.807) is 0 Å². The summed E-state index contributed by atoms with van der Waals surface area (Å²) in [4.78, 5) is 16.4. The number of pyridine rings is 1. The molecule has 0 radical (unpaired) electrons. The second-order valence-electron chi connectivity index (χ2n) is 5.34. The number of nitrogens with one attached hydrogen (secondary N) is 2. The summed E-state index contributed by atoms with van der Waals surface area (Å²) < 4.78 is 0. The summed E-state index contributed by atoms with van der Waals surface area (Å²) in [6, 6.07) is 3.74. The Labute approximate surface area is 139 Å². The molecule has 4 nitrogen and oxygen atoms in total. The molecule has 6 heteroatoms. The van der Waals surface area contributed by atoms with E-state index in [0.717, 1.165) is 37.4 Å². The molecule has 1 amide bonds. The van der Waals surface area contributed by atoms with Crippen molar-refractivity contribution in [1.29, 1.82) is 0 Å². The third-order valence-electron chi connectivity index (χ3n) is 3.71. The van der Waals surface area contributed by atoms with Crippen LogP contribution in [-0.4, -0.2) is 30.5 Å². The number of carbonyl (C=O) groups excluding carboxylic acids is 1. The third-order valence-corrected chi connectivity index (χ3v) is 3.71. The summed E-state index contributed by atoms with van der Waals surface area (Å²) in [6.07, 6.45) is 3.57. The first-order chi connectivity index (χ1) is 9.16. The summed E-state index contributed by atoms with van der Waals surface area (Å²) in [5.74, 6) is 0.694. The van der Waals surface area contributed by atoms with E-state index in [0.29, 0.717) is 11.5 Å². The zero-order chi connectivity index (χ0) is 13.7. The van der Waals surface area contributed by atoms with Gasteiger partial charge >= 0.3 is 0 Å². The van der Waals surface area contributed by atoms with Crippen LogP contribution in [0.4, 0.5) is 0 Å². The number of hydrogen-bond donors (Lipinski definition) is 2. The van der Waals surface area contributed by atoms with Crippen LogP contribution < -0.4 is 10.6 Å². The van der Waals surface area contributed by atoms with Gasteiger partial charge in [-0.1, -0.05) is 0 Å². The SMILES string of the molecule is Cc1ccc(C(=O)NCCC2CCCNC2)c(C)n1.Cl.Cl. The molecule has 0 bridgehead atoms. The average molecular weight is 334 g/mol. The Morgan fingerprint density at radius 2 is 2.14 bits per heavy atom. The fourth-order valence-corrected chi connectivity index (χ4v) is 2.58.